The lowest BCUT2D eigenvalue weighted by Crippen LogP contribution is -2.58. The van der Waals surface area contributed by atoms with Crippen LogP contribution in [-0.2, 0) is 33.6 Å². The van der Waals surface area contributed by atoms with Crippen molar-refractivity contribution in [2.24, 2.45) is 11.8 Å². The normalized spacial score (nSPS) is 24.8. The molecule has 38 heavy (non-hydrogen) atoms. The second-order valence-electron chi connectivity index (χ2n) is 10.0. The minimum absolute atomic E-state index is 0.0862. The summed E-state index contributed by atoms with van der Waals surface area (Å²) in [5.74, 6) is -3.81. The molecule has 3 aromatic carbocycles. The summed E-state index contributed by atoms with van der Waals surface area (Å²) < 4.78 is 0. The van der Waals surface area contributed by atoms with Gasteiger partial charge in [-0.3, -0.25) is 19.7 Å². The molecule has 5 rings (SSSR count). The van der Waals surface area contributed by atoms with Crippen molar-refractivity contribution in [3.63, 3.8) is 0 Å². The van der Waals surface area contributed by atoms with Gasteiger partial charge in [-0.2, -0.15) is 0 Å². The lowest BCUT2D eigenvalue weighted by Gasteiger charge is -2.31. The number of hydrogen-bond donors (Lipinski definition) is 2. The summed E-state index contributed by atoms with van der Waals surface area (Å²) in [4.78, 5) is 42.8. The molecule has 3 aromatic rings. The van der Waals surface area contributed by atoms with Crippen LogP contribution in [0.1, 0.15) is 36.1 Å². The van der Waals surface area contributed by atoms with Gasteiger partial charge in [-0.15, -0.1) is 0 Å². The third-order valence-corrected chi connectivity index (χ3v) is 7.88. The van der Waals surface area contributed by atoms with Crippen LogP contribution >= 0.6 is 0 Å². The van der Waals surface area contributed by atoms with Crippen molar-refractivity contribution >= 4 is 29.5 Å². The number of carbonyl (C=O) groups is 3. The molecule has 6 heteroatoms. The van der Waals surface area contributed by atoms with E-state index < -0.39 is 35.3 Å². The molecule has 2 amide bonds. The summed E-state index contributed by atoms with van der Waals surface area (Å²) in [7, 11) is 0. The van der Waals surface area contributed by atoms with E-state index in [0.717, 1.165) is 22.3 Å². The van der Waals surface area contributed by atoms with Gasteiger partial charge in [-0.1, -0.05) is 105 Å². The maximum Gasteiger partial charge on any atom is 0.325 e. The fourth-order valence-corrected chi connectivity index (χ4v) is 6.07. The van der Waals surface area contributed by atoms with E-state index in [1.807, 2.05) is 105 Å². The summed E-state index contributed by atoms with van der Waals surface area (Å²) >= 11 is 0. The third kappa shape index (κ3) is 4.25. The van der Waals surface area contributed by atoms with Crippen molar-refractivity contribution in [2.75, 3.05) is 4.90 Å². The molecule has 0 bridgehead atoms. The highest BCUT2D eigenvalue weighted by Gasteiger charge is 2.68. The van der Waals surface area contributed by atoms with E-state index in [4.69, 9.17) is 0 Å². The molecule has 2 aliphatic rings. The molecule has 0 saturated carbocycles. The van der Waals surface area contributed by atoms with Gasteiger partial charge in [0.05, 0.1) is 17.5 Å². The minimum atomic E-state index is -1.63. The molecular formula is C32H32N2O4. The number of hydrogen-bond acceptors (Lipinski definition) is 4. The molecular weight excluding hydrogens is 476 g/mol. The number of rotatable bonds is 8. The third-order valence-electron chi connectivity index (χ3n) is 7.88. The number of anilines is 1. The Kier molecular flexibility index (Phi) is 7.00. The Morgan fingerprint density at radius 3 is 2.08 bits per heavy atom. The van der Waals surface area contributed by atoms with Crippen molar-refractivity contribution in [1.29, 1.82) is 0 Å². The van der Waals surface area contributed by atoms with E-state index in [0.29, 0.717) is 18.5 Å². The minimum Gasteiger partial charge on any atom is -0.480 e. The Hall–Kier alpha value is -4.03. The van der Waals surface area contributed by atoms with Crippen LogP contribution in [0.4, 0.5) is 5.69 Å². The van der Waals surface area contributed by atoms with Crippen molar-refractivity contribution < 1.29 is 19.5 Å². The van der Waals surface area contributed by atoms with Gasteiger partial charge in [0.25, 0.3) is 0 Å². The van der Waals surface area contributed by atoms with Crippen molar-refractivity contribution in [3.8, 4) is 0 Å². The number of aliphatic carboxylic acids is 1. The molecule has 2 fully saturated rings. The van der Waals surface area contributed by atoms with Gasteiger partial charge in [0.15, 0.2) is 0 Å². The maximum absolute atomic E-state index is 14.2. The van der Waals surface area contributed by atoms with Crippen LogP contribution in [0.15, 0.2) is 84.9 Å². The van der Waals surface area contributed by atoms with Crippen LogP contribution in [0.3, 0.4) is 0 Å². The summed E-state index contributed by atoms with van der Waals surface area (Å²) in [6.07, 6.45) is 5.11. The van der Waals surface area contributed by atoms with Crippen LogP contribution < -0.4 is 10.2 Å². The largest absolute Gasteiger partial charge is 0.480 e. The molecule has 2 aliphatic heterocycles. The summed E-state index contributed by atoms with van der Waals surface area (Å²) in [5.41, 5.74) is 2.51. The van der Waals surface area contributed by atoms with Crippen molar-refractivity contribution in [2.45, 2.75) is 44.7 Å². The van der Waals surface area contributed by atoms with Crippen molar-refractivity contribution in [1.82, 2.24) is 5.32 Å². The van der Waals surface area contributed by atoms with Gasteiger partial charge in [0.2, 0.25) is 11.8 Å². The van der Waals surface area contributed by atoms with Crippen LogP contribution in [0.25, 0.3) is 6.08 Å². The topological polar surface area (TPSA) is 86.7 Å². The first-order chi connectivity index (χ1) is 18.4. The molecule has 4 atom stereocenters. The highest BCUT2D eigenvalue weighted by molar-refractivity contribution is 6.25. The van der Waals surface area contributed by atoms with E-state index in [1.54, 1.807) is 0 Å². The summed E-state index contributed by atoms with van der Waals surface area (Å²) in [6.45, 7) is 3.99. The first kappa shape index (κ1) is 25.6. The summed E-state index contributed by atoms with van der Waals surface area (Å²) in [6, 6.07) is 24.1. The van der Waals surface area contributed by atoms with Gasteiger partial charge in [0.1, 0.15) is 5.54 Å². The number of carboxylic acid groups (broad SMARTS) is 1. The van der Waals surface area contributed by atoms with E-state index in [1.165, 1.54) is 4.90 Å². The van der Waals surface area contributed by atoms with Gasteiger partial charge >= 0.3 is 5.97 Å². The zero-order valence-electron chi connectivity index (χ0n) is 21.6. The number of carbonyl (C=O) groups excluding carboxylic acids is 2. The zero-order valence-corrected chi connectivity index (χ0v) is 21.6. The molecule has 2 saturated heterocycles. The molecule has 4 unspecified atom stereocenters. The fourth-order valence-electron chi connectivity index (χ4n) is 6.07. The molecule has 0 aromatic heterocycles. The van der Waals surface area contributed by atoms with E-state index in [2.05, 4.69) is 5.32 Å². The van der Waals surface area contributed by atoms with Crippen LogP contribution in [-0.4, -0.2) is 34.5 Å². The molecule has 0 spiro atoms. The monoisotopic (exact) mass is 508 g/mol. The molecule has 2 heterocycles. The quantitative estimate of drug-likeness (QED) is 0.432. The second kappa shape index (κ2) is 10.4. The lowest BCUT2D eigenvalue weighted by atomic mass is 9.76. The molecule has 194 valence electrons. The number of amides is 2. The number of imide groups is 1. The van der Waals surface area contributed by atoms with E-state index >= 15 is 0 Å². The standard InChI is InChI=1S/C32H32N2O4/c1-3-23-16-11-17-24(4-2)28(23)34-29(35)26-25(19-18-21-12-7-5-8-13-21)33-32(31(37)38,27(26)30(34)36)20-22-14-9-6-10-15-22/h5-19,25-27,33H,3-4,20H2,1-2H3,(H,37,38)/b19-18+. The van der Waals surface area contributed by atoms with Crippen LogP contribution in [0, 0.1) is 11.8 Å². The number of nitrogens with zero attached hydrogens (tertiary/aromatic N) is 1. The first-order valence-electron chi connectivity index (χ1n) is 13.2. The Morgan fingerprint density at radius 2 is 1.50 bits per heavy atom. The fraction of sp³-hybridized carbons (Fsp3) is 0.281. The molecule has 2 N–H and O–H groups in total. The van der Waals surface area contributed by atoms with Crippen LogP contribution in [0.2, 0.25) is 0 Å². The van der Waals surface area contributed by atoms with Gasteiger partial charge in [0, 0.05) is 12.5 Å². The van der Waals surface area contributed by atoms with Gasteiger partial charge in [-0.25, -0.2) is 4.90 Å². The Morgan fingerprint density at radius 1 is 0.895 bits per heavy atom. The number of carboxylic acids is 1. The van der Waals surface area contributed by atoms with E-state index in [-0.39, 0.29) is 12.3 Å². The summed E-state index contributed by atoms with van der Waals surface area (Å²) in [5, 5.41) is 13.9. The maximum atomic E-state index is 14.2. The number of para-hydroxylation sites is 1. The van der Waals surface area contributed by atoms with Gasteiger partial charge < -0.3 is 5.11 Å². The smallest absolute Gasteiger partial charge is 0.325 e. The SMILES string of the molecule is CCc1cccc(CC)c1N1C(=O)C2C(/C=C/c3ccccc3)NC(Cc3ccccc3)(C(=O)O)C2C1=O. The molecule has 6 nitrogen and oxygen atoms in total. The second-order valence-corrected chi connectivity index (χ2v) is 10.0. The Labute approximate surface area is 223 Å². The predicted molar refractivity (Wildman–Crippen MR) is 148 cm³/mol. The van der Waals surface area contributed by atoms with Crippen LogP contribution in [0.5, 0.6) is 0 Å². The number of benzene rings is 3. The van der Waals surface area contributed by atoms with Gasteiger partial charge in [-0.05, 0) is 35.1 Å². The molecule has 0 aliphatic carbocycles. The average Bonchev–Trinajstić information content (AvgIpc) is 3.41. The number of aryl methyl sites for hydroxylation is 2. The number of nitrogens with one attached hydrogen (secondary N) is 1. The Balaban J connectivity index is 1.65. The van der Waals surface area contributed by atoms with Crippen molar-refractivity contribution in [3.05, 3.63) is 107 Å². The number of fused-ring (bicyclic) bond motifs is 1. The first-order valence-corrected chi connectivity index (χ1v) is 13.2. The molecule has 0 radical (unpaired) electrons. The highest BCUT2D eigenvalue weighted by atomic mass is 16.4. The van der Waals surface area contributed by atoms with E-state index in [9.17, 15) is 19.5 Å². The highest BCUT2D eigenvalue weighted by Crippen LogP contribution is 2.47. The average molecular weight is 509 g/mol. The zero-order chi connectivity index (χ0) is 26.9. The predicted octanol–water partition coefficient (Wildman–Crippen LogP) is 4.67. The Bertz CT molecular complexity index is 1360. The lowest BCUT2D eigenvalue weighted by molar-refractivity contribution is -0.148.